The van der Waals surface area contributed by atoms with Gasteiger partial charge in [-0.15, -0.1) is 0 Å². The summed E-state index contributed by atoms with van der Waals surface area (Å²) in [4.78, 5) is 13.9. The molecule has 1 aliphatic heterocycles. The van der Waals surface area contributed by atoms with Crippen LogP contribution in [-0.4, -0.2) is 42.0 Å². The fraction of sp³-hybridized carbons (Fsp3) is 0.917. The summed E-state index contributed by atoms with van der Waals surface area (Å²) in [5, 5.41) is 2.97. The number of hydrogen-bond acceptors (Lipinski definition) is 3. The fourth-order valence-electron chi connectivity index (χ4n) is 1.95. The average Bonchev–Trinajstić information content (AvgIpc) is 2.12. The van der Waals surface area contributed by atoms with Gasteiger partial charge in [-0.05, 0) is 26.2 Å². The van der Waals surface area contributed by atoms with Gasteiger partial charge in [0.05, 0.1) is 6.04 Å². The van der Waals surface area contributed by atoms with Gasteiger partial charge in [-0.3, -0.25) is 9.69 Å². The van der Waals surface area contributed by atoms with Gasteiger partial charge in [0.2, 0.25) is 5.91 Å². The number of hydrogen-bond donors (Lipinski definition) is 2. The topological polar surface area (TPSA) is 58.4 Å². The normalized spacial score (nSPS) is 21.6. The molecule has 0 saturated carbocycles. The highest BCUT2D eigenvalue weighted by molar-refractivity contribution is 5.81. The summed E-state index contributed by atoms with van der Waals surface area (Å²) in [5.74, 6) is 0.753. The zero-order valence-corrected chi connectivity index (χ0v) is 10.9. The van der Waals surface area contributed by atoms with E-state index in [0.717, 1.165) is 26.1 Å². The Balaban J connectivity index is 2.22. The largest absolute Gasteiger partial charge is 0.355 e. The molecule has 16 heavy (non-hydrogen) atoms. The third kappa shape index (κ3) is 3.76. The number of nitrogens with two attached hydrogens (primary N) is 1. The Labute approximate surface area is 98.6 Å². The van der Waals surface area contributed by atoms with Gasteiger partial charge in [-0.25, -0.2) is 0 Å². The van der Waals surface area contributed by atoms with Gasteiger partial charge in [0.15, 0.2) is 0 Å². The summed E-state index contributed by atoms with van der Waals surface area (Å²) >= 11 is 0. The molecule has 1 heterocycles. The fourth-order valence-corrected chi connectivity index (χ4v) is 1.95. The van der Waals surface area contributed by atoms with Gasteiger partial charge in [-0.2, -0.15) is 0 Å². The summed E-state index contributed by atoms with van der Waals surface area (Å²) in [6.45, 7) is 10.7. The van der Waals surface area contributed by atoms with Crippen molar-refractivity contribution in [1.29, 1.82) is 0 Å². The van der Waals surface area contributed by atoms with Gasteiger partial charge in [0.25, 0.3) is 0 Å². The maximum absolute atomic E-state index is 11.8. The number of likely N-dealkylation sites (tertiary alicyclic amines) is 1. The number of nitrogens with zero attached hydrogens (tertiary/aromatic N) is 1. The number of rotatable bonds is 5. The van der Waals surface area contributed by atoms with Crippen molar-refractivity contribution in [1.82, 2.24) is 10.2 Å². The van der Waals surface area contributed by atoms with Crippen molar-refractivity contribution in [3.63, 3.8) is 0 Å². The van der Waals surface area contributed by atoms with Crippen LogP contribution in [-0.2, 0) is 4.79 Å². The lowest BCUT2D eigenvalue weighted by atomic mass is 9.92. The molecule has 0 aromatic carbocycles. The van der Waals surface area contributed by atoms with Crippen LogP contribution in [0.3, 0.4) is 0 Å². The van der Waals surface area contributed by atoms with Crippen LogP contribution in [0.4, 0.5) is 0 Å². The monoisotopic (exact) mass is 227 g/mol. The van der Waals surface area contributed by atoms with E-state index in [0.29, 0.717) is 5.92 Å². The second-order valence-corrected chi connectivity index (χ2v) is 5.71. The van der Waals surface area contributed by atoms with Gasteiger partial charge in [-0.1, -0.05) is 13.8 Å². The molecule has 1 fully saturated rings. The van der Waals surface area contributed by atoms with Gasteiger partial charge < -0.3 is 11.1 Å². The second kappa shape index (κ2) is 5.15. The molecule has 1 saturated heterocycles. The number of amides is 1. The predicted octanol–water partition coefficient (Wildman–Crippen LogP) is 0.570. The van der Waals surface area contributed by atoms with Crippen molar-refractivity contribution in [2.75, 3.05) is 19.6 Å². The maximum atomic E-state index is 11.8. The summed E-state index contributed by atoms with van der Waals surface area (Å²) in [6.07, 6.45) is 1.03. The van der Waals surface area contributed by atoms with Crippen molar-refractivity contribution < 1.29 is 4.79 Å². The minimum absolute atomic E-state index is 0.0520. The summed E-state index contributed by atoms with van der Waals surface area (Å²) in [6, 6.07) is -0.0520. The Hall–Kier alpha value is -0.610. The van der Waals surface area contributed by atoms with E-state index in [1.807, 2.05) is 13.8 Å². The van der Waals surface area contributed by atoms with Crippen LogP contribution >= 0.6 is 0 Å². The molecular weight excluding hydrogens is 202 g/mol. The molecule has 1 atom stereocenters. The zero-order chi connectivity index (χ0) is 12.3. The zero-order valence-electron chi connectivity index (χ0n) is 10.9. The van der Waals surface area contributed by atoms with Gasteiger partial charge in [0.1, 0.15) is 0 Å². The third-order valence-electron chi connectivity index (χ3n) is 3.08. The van der Waals surface area contributed by atoms with Crippen LogP contribution in [0.25, 0.3) is 0 Å². The Morgan fingerprint density at radius 2 is 2.00 bits per heavy atom. The SMILES string of the molecule is CC(C)CCNC(=O)C(C)N1CC(C)(N)C1. The van der Waals surface area contributed by atoms with Crippen LogP contribution < -0.4 is 11.1 Å². The lowest BCUT2D eigenvalue weighted by Gasteiger charge is -2.47. The van der Waals surface area contributed by atoms with Crippen LogP contribution in [0.1, 0.15) is 34.1 Å². The molecule has 0 radical (unpaired) electrons. The molecule has 0 aliphatic carbocycles. The standard InChI is InChI=1S/C12H25N3O/c1-9(2)5-6-14-11(16)10(3)15-7-12(4,13)8-15/h9-10H,5-8,13H2,1-4H3,(H,14,16). The van der Waals surface area contributed by atoms with E-state index in [1.165, 1.54) is 0 Å². The van der Waals surface area contributed by atoms with Crippen LogP contribution in [0.2, 0.25) is 0 Å². The summed E-state index contributed by atoms with van der Waals surface area (Å²) in [7, 11) is 0. The first-order chi connectivity index (χ1) is 7.32. The quantitative estimate of drug-likeness (QED) is 0.722. The highest BCUT2D eigenvalue weighted by atomic mass is 16.2. The van der Waals surface area contributed by atoms with Crippen molar-refractivity contribution in [2.45, 2.75) is 45.7 Å². The lowest BCUT2D eigenvalue weighted by Crippen LogP contribution is -2.69. The van der Waals surface area contributed by atoms with Gasteiger partial charge in [0, 0.05) is 25.2 Å². The highest BCUT2D eigenvalue weighted by Gasteiger charge is 2.39. The molecule has 1 aliphatic rings. The number of carbonyl (C=O) groups excluding carboxylic acids is 1. The van der Waals surface area contributed by atoms with E-state index in [9.17, 15) is 4.79 Å². The van der Waals surface area contributed by atoms with Crippen molar-refractivity contribution in [2.24, 2.45) is 11.7 Å². The highest BCUT2D eigenvalue weighted by Crippen LogP contribution is 2.19. The van der Waals surface area contributed by atoms with Gasteiger partial charge >= 0.3 is 0 Å². The first-order valence-corrected chi connectivity index (χ1v) is 6.12. The molecule has 0 bridgehead atoms. The maximum Gasteiger partial charge on any atom is 0.237 e. The Morgan fingerprint density at radius 3 is 2.44 bits per heavy atom. The second-order valence-electron chi connectivity index (χ2n) is 5.71. The van der Waals surface area contributed by atoms with E-state index in [4.69, 9.17) is 5.73 Å². The van der Waals surface area contributed by atoms with E-state index >= 15 is 0 Å². The molecule has 94 valence electrons. The predicted molar refractivity (Wildman–Crippen MR) is 66.1 cm³/mol. The lowest BCUT2D eigenvalue weighted by molar-refractivity contribution is -0.128. The summed E-state index contributed by atoms with van der Waals surface area (Å²) < 4.78 is 0. The van der Waals surface area contributed by atoms with Crippen LogP contribution in [0, 0.1) is 5.92 Å². The van der Waals surface area contributed by atoms with Crippen LogP contribution in [0.5, 0.6) is 0 Å². The number of nitrogens with one attached hydrogen (secondary N) is 1. The number of carbonyl (C=O) groups is 1. The average molecular weight is 227 g/mol. The minimum Gasteiger partial charge on any atom is -0.355 e. The van der Waals surface area contributed by atoms with E-state index in [-0.39, 0.29) is 17.5 Å². The molecule has 1 rings (SSSR count). The van der Waals surface area contributed by atoms with E-state index in [1.54, 1.807) is 0 Å². The Kier molecular flexibility index (Phi) is 4.33. The molecule has 1 unspecified atom stereocenters. The Bertz CT molecular complexity index is 243. The Morgan fingerprint density at radius 1 is 1.44 bits per heavy atom. The first-order valence-electron chi connectivity index (χ1n) is 6.12. The van der Waals surface area contributed by atoms with Crippen molar-refractivity contribution in [3.8, 4) is 0 Å². The molecule has 0 aromatic rings. The molecule has 0 spiro atoms. The molecule has 0 aromatic heterocycles. The van der Waals surface area contributed by atoms with Crippen molar-refractivity contribution >= 4 is 5.91 Å². The third-order valence-corrected chi connectivity index (χ3v) is 3.08. The molecule has 4 heteroatoms. The van der Waals surface area contributed by atoms with Crippen molar-refractivity contribution in [3.05, 3.63) is 0 Å². The first kappa shape index (κ1) is 13.5. The molecular formula is C12H25N3O. The van der Waals surface area contributed by atoms with Crippen LogP contribution in [0.15, 0.2) is 0 Å². The molecule has 4 nitrogen and oxygen atoms in total. The smallest absolute Gasteiger partial charge is 0.237 e. The molecule has 1 amide bonds. The minimum atomic E-state index is -0.105. The summed E-state index contributed by atoms with van der Waals surface area (Å²) in [5.41, 5.74) is 5.81. The molecule has 3 N–H and O–H groups in total. The van der Waals surface area contributed by atoms with E-state index in [2.05, 4.69) is 24.1 Å². The van der Waals surface area contributed by atoms with E-state index < -0.39 is 0 Å².